The summed E-state index contributed by atoms with van der Waals surface area (Å²) in [4.78, 5) is 20.6. The summed E-state index contributed by atoms with van der Waals surface area (Å²) in [5.74, 6) is 0.887. The van der Waals surface area contributed by atoms with Gasteiger partial charge in [0, 0.05) is 5.92 Å². The zero-order chi connectivity index (χ0) is 15.5. The molecule has 0 amide bonds. The first-order valence-corrected chi connectivity index (χ1v) is 7.77. The smallest absolute Gasteiger partial charge is 0.358 e. The van der Waals surface area contributed by atoms with Crippen LogP contribution in [0.1, 0.15) is 47.9 Å². The number of nitrogens with zero attached hydrogens (tertiary/aromatic N) is 2. The van der Waals surface area contributed by atoms with Gasteiger partial charge in [0.05, 0.1) is 19.9 Å². The predicted octanol–water partition coefficient (Wildman–Crippen LogP) is 2.90. The molecular formula is C15H18ClN3O3. The first-order chi connectivity index (χ1) is 10.7. The Hall–Kier alpha value is -1.82. The van der Waals surface area contributed by atoms with E-state index < -0.39 is 5.97 Å². The SMILES string of the molecule is COC(=O)c1nc(C2CC2)nc(NCC2CCC=CO2)c1Cl. The van der Waals surface area contributed by atoms with E-state index in [1.54, 1.807) is 6.26 Å². The molecule has 1 N–H and O–H groups in total. The van der Waals surface area contributed by atoms with E-state index in [-0.39, 0.29) is 16.8 Å². The highest BCUT2D eigenvalue weighted by atomic mass is 35.5. The van der Waals surface area contributed by atoms with Crippen LogP contribution in [0.2, 0.25) is 5.02 Å². The van der Waals surface area contributed by atoms with Crippen LogP contribution in [-0.2, 0) is 9.47 Å². The molecule has 1 saturated carbocycles. The molecule has 118 valence electrons. The fourth-order valence-electron chi connectivity index (χ4n) is 2.28. The molecule has 0 spiro atoms. The molecule has 22 heavy (non-hydrogen) atoms. The maximum atomic E-state index is 11.8. The summed E-state index contributed by atoms with van der Waals surface area (Å²) in [5.41, 5.74) is 0.119. The average Bonchev–Trinajstić information content (AvgIpc) is 3.39. The Morgan fingerprint density at radius 1 is 1.45 bits per heavy atom. The van der Waals surface area contributed by atoms with Gasteiger partial charge in [0.1, 0.15) is 22.8 Å². The van der Waals surface area contributed by atoms with E-state index in [0.717, 1.165) is 25.7 Å². The van der Waals surface area contributed by atoms with Crippen molar-refractivity contribution >= 4 is 23.4 Å². The second kappa shape index (κ2) is 6.52. The third-order valence-electron chi connectivity index (χ3n) is 3.71. The minimum absolute atomic E-state index is 0.0713. The van der Waals surface area contributed by atoms with Gasteiger partial charge < -0.3 is 14.8 Å². The number of nitrogens with one attached hydrogen (secondary N) is 1. The molecule has 6 nitrogen and oxygen atoms in total. The first-order valence-electron chi connectivity index (χ1n) is 7.39. The molecule has 0 aromatic carbocycles. The van der Waals surface area contributed by atoms with Crippen molar-refractivity contribution in [2.75, 3.05) is 19.0 Å². The Bertz CT molecular complexity index is 602. The number of hydrogen-bond donors (Lipinski definition) is 1. The van der Waals surface area contributed by atoms with Crippen LogP contribution in [0.5, 0.6) is 0 Å². The van der Waals surface area contributed by atoms with E-state index in [9.17, 15) is 4.79 Å². The van der Waals surface area contributed by atoms with Crippen molar-refractivity contribution in [3.8, 4) is 0 Å². The summed E-state index contributed by atoms with van der Waals surface area (Å²) >= 11 is 6.25. The normalized spacial score (nSPS) is 20.4. The van der Waals surface area contributed by atoms with Crippen molar-refractivity contribution in [1.29, 1.82) is 0 Å². The molecule has 1 aliphatic heterocycles. The summed E-state index contributed by atoms with van der Waals surface area (Å²) in [7, 11) is 1.31. The average molecular weight is 324 g/mol. The largest absolute Gasteiger partial charge is 0.497 e. The molecule has 1 fully saturated rings. The van der Waals surface area contributed by atoms with Crippen molar-refractivity contribution in [3.63, 3.8) is 0 Å². The van der Waals surface area contributed by atoms with Gasteiger partial charge in [0.2, 0.25) is 0 Å². The number of esters is 1. The van der Waals surface area contributed by atoms with Crippen LogP contribution in [0.3, 0.4) is 0 Å². The zero-order valence-corrected chi connectivity index (χ0v) is 13.1. The fourth-order valence-corrected chi connectivity index (χ4v) is 2.51. The van der Waals surface area contributed by atoms with Crippen LogP contribution in [-0.4, -0.2) is 35.7 Å². The maximum absolute atomic E-state index is 11.8. The van der Waals surface area contributed by atoms with Crippen LogP contribution in [0.4, 0.5) is 5.82 Å². The lowest BCUT2D eigenvalue weighted by Crippen LogP contribution is -2.24. The molecule has 1 aromatic rings. The fraction of sp³-hybridized carbons (Fsp3) is 0.533. The monoisotopic (exact) mass is 323 g/mol. The topological polar surface area (TPSA) is 73.3 Å². The number of halogens is 1. The van der Waals surface area contributed by atoms with Crippen LogP contribution in [0, 0.1) is 0 Å². The zero-order valence-electron chi connectivity index (χ0n) is 12.3. The van der Waals surface area contributed by atoms with E-state index in [0.29, 0.717) is 24.1 Å². The van der Waals surface area contributed by atoms with E-state index in [1.165, 1.54) is 7.11 Å². The molecule has 3 rings (SSSR count). The molecule has 1 unspecified atom stereocenters. The Kier molecular flexibility index (Phi) is 4.47. The molecule has 2 aliphatic rings. The van der Waals surface area contributed by atoms with Gasteiger partial charge in [0.25, 0.3) is 0 Å². The van der Waals surface area contributed by atoms with Crippen LogP contribution < -0.4 is 5.32 Å². The Morgan fingerprint density at radius 3 is 2.91 bits per heavy atom. The highest BCUT2D eigenvalue weighted by molar-refractivity contribution is 6.35. The highest BCUT2D eigenvalue weighted by Gasteiger charge is 2.30. The maximum Gasteiger partial charge on any atom is 0.358 e. The summed E-state index contributed by atoms with van der Waals surface area (Å²) in [6.07, 6.45) is 7.79. The van der Waals surface area contributed by atoms with Crippen molar-refractivity contribution in [2.45, 2.75) is 37.7 Å². The van der Waals surface area contributed by atoms with E-state index >= 15 is 0 Å². The van der Waals surface area contributed by atoms with Crippen molar-refractivity contribution < 1.29 is 14.3 Å². The Balaban J connectivity index is 1.80. The lowest BCUT2D eigenvalue weighted by Gasteiger charge is -2.20. The van der Waals surface area contributed by atoms with Gasteiger partial charge in [-0.15, -0.1) is 0 Å². The quantitative estimate of drug-likeness (QED) is 0.840. The van der Waals surface area contributed by atoms with Crippen molar-refractivity contribution in [3.05, 3.63) is 28.9 Å². The van der Waals surface area contributed by atoms with E-state index in [4.69, 9.17) is 21.1 Å². The molecule has 0 bridgehead atoms. The number of hydrogen-bond acceptors (Lipinski definition) is 6. The number of anilines is 1. The summed E-state index contributed by atoms with van der Waals surface area (Å²) in [5, 5.41) is 3.37. The minimum Gasteiger partial charge on any atom is -0.497 e. The Labute approximate surface area is 133 Å². The third kappa shape index (κ3) is 3.32. The molecule has 1 aliphatic carbocycles. The van der Waals surface area contributed by atoms with Gasteiger partial charge in [-0.2, -0.15) is 0 Å². The number of rotatable bonds is 5. The number of methoxy groups -OCH3 is 1. The van der Waals surface area contributed by atoms with E-state index in [2.05, 4.69) is 15.3 Å². The van der Waals surface area contributed by atoms with Crippen LogP contribution in [0.15, 0.2) is 12.3 Å². The first kappa shape index (κ1) is 15.1. The predicted molar refractivity (Wildman–Crippen MR) is 82.1 cm³/mol. The number of allylic oxidation sites excluding steroid dienone is 1. The van der Waals surface area contributed by atoms with E-state index in [1.807, 2.05) is 6.08 Å². The standard InChI is InChI=1S/C15H18ClN3O3/c1-21-15(20)12-11(16)14(19-13(18-12)9-5-6-9)17-8-10-4-2-3-7-22-10/h3,7,9-10H,2,4-6,8H2,1H3,(H,17,18,19). The van der Waals surface area contributed by atoms with Gasteiger partial charge in [-0.25, -0.2) is 14.8 Å². The molecule has 0 saturated heterocycles. The minimum atomic E-state index is -0.547. The van der Waals surface area contributed by atoms with Crippen LogP contribution in [0.25, 0.3) is 0 Å². The van der Waals surface area contributed by atoms with Gasteiger partial charge in [-0.3, -0.25) is 0 Å². The summed E-state index contributed by atoms with van der Waals surface area (Å²) < 4.78 is 10.3. The van der Waals surface area contributed by atoms with Crippen molar-refractivity contribution in [2.24, 2.45) is 0 Å². The third-order valence-corrected chi connectivity index (χ3v) is 4.07. The Morgan fingerprint density at radius 2 is 2.27 bits per heavy atom. The number of carbonyl (C=O) groups is 1. The molecule has 2 heterocycles. The molecule has 0 radical (unpaired) electrons. The van der Waals surface area contributed by atoms with Crippen LogP contribution >= 0.6 is 11.6 Å². The number of carbonyl (C=O) groups excluding carboxylic acids is 1. The second-order valence-electron chi connectivity index (χ2n) is 5.45. The molecule has 1 atom stereocenters. The van der Waals surface area contributed by atoms with Gasteiger partial charge in [-0.05, 0) is 31.8 Å². The van der Waals surface area contributed by atoms with Gasteiger partial charge >= 0.3 is 5.97 Å². The number of aromatic nitrogens is 2. The van der Waals surface area contributed by atoms with Gasteiger partial charge in [-0.1, -0.05) is 11.6 Å². The summed E-state index contributed by atoms with van der Waals surface area (Å²) in [6.45, 7) is 0.575. The molecular weight excluding hydrogens is 306 g/mol. The van der Waals surface area contributed by atoms with Gasteiger partial charge in [0.15, 0.2) is 5.69 Å². The lowest BCUT2D eigenvalue weighted by molar-refractivity contribution is 0.0593. The number of ether oxygens (including phenoxy) is 2. The summed E-state index contributed by atoms with van der Waals surface area (Å²) in [6, 6.07) is 0. The molecule has 7 heteroatoms. The molecule has 1 aromatic heterocycles. The van der Waals surface area contributed by atoms with Crippen molar-refractivity contribution in [1.82, 2.24) is 9.97 Å². The highest BCUT2D eigenvalue weighted by Crippen LogP contribution is 2.39. The second-order valence-corrected chi connectivity index (χ2v) is 5.82. The lowest BCUT2D eigenvalue weighted by atomic mass is 10.1.